The van der Waals surface area contributed by atoms with Crippen molar-refractivity contribution in [3.05, 3.63) is 131 Å². The average Bonchev–Trinajstić information content (AvgIpc) is 2.89. The second kappa shape index (κ2) is 11.6. The third-order valence-corrected chi connectivity index (χ3v) is 7.37. The monoisotopic (exact) mass is 454 g/mol. The highest BCUT2D eigenvalue weighted by Gasteiger charge is 2.21. The van der Waals surface area contributed by atoms with Gasteiger partial charge in [0.05, 0.1) is 14.2 Å². The lowest BCUT2D eigenvalue weighted by molar-refractivity contribution is 0.414. The van der Waals surface area contributed by atoms with Crippen molar-refractivity contribution in [3.8, 4) is 11.5 Å². The molecular weight excluding hydrogens is 424 g/mol. The molecule has 0 aliphatic carbocycles. The van der Waals surface area contributed by atoms with Crippen LogP contribution in [-0.2, 0) is 12.8 Å². The van der Waals surface area contributed by atoms with Crippen molar-refractivity contribution in [2.75, 3.05) is 14.2 Å². The molecule has 0 spiro atoms. The van der Waals surface area contributed by atoms with E-state index in [0.717, 1.165) is 24.3 Å². The number of benzene rings is 4. The van der Waals surface area contributed by atoms with Gasteiger partial charge in [0.15, 0.2) is 0 Å². The van der Waals surface area contributed by atoms with Crippen molar-refractivity contribution in [1.82, 2.24) is 0 Å². The van der Waals surface area contributed by atoms with Crippen molar-refractivity contribution in [2.45, 2.75) is 23.3 Å². The van der Waals surface area contributed by atoms with Crippen molar-refractivity contribution >= 4 is 11.8 Å². The lowest BCUT2D eigenvalue weighted by Crippen LogP contribution is -2.06. The van der Waals surface area contributed by atoms with Gasteiger partial charge in [0.25, 0.3) is 0 Å². The molecule has 0 saturated heterocycles. The van der Waals surface area contributed by atoms with Gasteiger partial charge in [-0.25, -0.2) is 0 Å². The van der Waals surface area contributed by atoms with Crippen LogP contribution < -0.4 is 9.47 Å². The molecule has 0 aliphatic rings. The molecule has 168 valence electrons. The first-order valence-corrected chi connectivity index (χ1v) is 12.2. The van der Waals surface area contributed by atoms with Crippen LogP contribution in [0.4, 0.5) is 0 Å². The summed E-state index contributed by atoms with van der Waals surface area (Å²) in [4.78, 5) is 0. The molecular formula is C30H30O2S. The maximum atomic E-state index is 5.35. The molecule has 0 bridgehead atoms. The van der Waals surface area contributed by atoms with Crippen molar-refractivity contribution in [1.29, 1.82) is 0 Å². The molecule has 4 aromatic carbocycles. The summed E-state index contributed by atoms with van der Waals surface area (Å²) in [6.07, 6.45) is 1.93. The zero-order valence-electron chi connectivity index (χ0n) is 19.2. The third-order valence-electron chi connectivity index (χ3n) is 5.83. The van der Waals surface area contributed by atoms with Gasteiger partial charge in [0.2, 0.25) is 0 Å². The molecule has 33 heavy (non-hydrogen) atoms. The Morgan fingerprint density at radius 1 is 0.515 bits per heavy atom. The number of methoxy groups -OCH3 is 2. The molecule has 0 heterocycles. The van der Waals surface area contributed by atoms with Gasteiger partial charge in [-0.1, -0.05) is 84.9 Å². The summed E-state index contributed by atoms with van der Waals surface area (Å²) in [5, 5.41) is 0.672. The minimum absolute atomic E-state index is 0.336. The third kappa shape index (κ3) is 6.43. The standard InChI is InChI=1S/C30H30O2S/c1-31-27-17-13-23(14-18-27)21-29(25-9-5-3-6-10-25)33-30(26-11-7-4-8-12-26)22-24-15-19-28(32-2)20-16-24/h3-20,29-30H,21-22H2,1-2H3. The number of hydrogen-bond acceptors (Lipinski definition) is 3. The van der Waals surface area contributed by atoms with Crippen molar-refractivity contribution in [2.24, 2.45) is 0 Å². The predicted molar refractivity (Wildman–Crippen MR) is 139 cm³/mol. The van der Waals surface area contributed by atoms with E-state index in [1.54, 1.807) is 14.2 Å². The average molecular weight is 455 g/mol. The summed E-state index contributed by atoms with van der Waals surface area (Å²) in [5.74, 6) is 1.79. The van der Waals surface area contributed by atoms with E-state index in [9.17, 15) is 0 Å². The fraction of sp³-hybridized carbons (Fsp3) is 0.200. The molecule has 2 atom stereocenters. The molecule has 0 saturated carbocycles. The first-order valence-electron chi connectivity index (χ1n) is 11.3. The summed E-state index contributed by atoms with van der Waals surface area (Å²) < 4.78 is 10.7. The van der Waals surface area contributed by atoms with Gasteiger partial charge in [-0.05, 0) is 59.4 Å². The van der Waals surface area contributed by atoms with Crippen molar-refractivity contribution in [3.63, 3.8) is 0 Å². The number of rotatable bonds is 10. The predicted octanol–water partition coefficient (Wildman–Crippen LogP) is 7.70. The normalized spacial score (nSPS) is 12.7. The Labute approximate surface area is 201 Å². The quantitative estimate of drug-likeness (QED) is 0.244. The topological polar surface area (TPSA) is 18.5 Å². The van der Waals surface area contributed by atoms with Crippen LogP contribution >= 0.6 is 11.8 Å². The Hall–Kier alpha value is -3.17. The number of ether oxygens (including phenoxy) is 2. The van der Waals surface area contributed by atoms with E-state index < -0.39 is 0 Å². The smallest absolute Gasteiger partial charge is 0.118 e. The van der Waals surface area contributed by atoms with Gasteiger partial charge in [-0.3, -0.25) is 0 Å². The summed E-state index contributed by atoms with van der Waals surface area (Å²) in [6.45, 7) is 0. The molecule has 4 aromatic rings. The molecule has 0 amide bonds. The highest BCUT2D eigenvalue weighted by Crippen LogP contribution is 2.44. The van der Waals surface area contributed by atoms with E-state index in [2.05, 4.69) is 84.9 Å². The Balaban J connectivity index is 1.62. The van der Waals surface area contributed by atoms with Crippen LogP contribution in [0, 0.1) is 0 Å². The zero-order chi connectivity index (χ0) is 22.9. The number of thioether (sulfide) groups is 1. The Morgan fingerprint density at radius 3 is 1.21 bits per heavy atom. The molecule has 2 unspecified atom stereocenters. The first-order chi connectivity index (χ1) is 16.2. The van der Waals surface area contributed by atoms with E-state index in [1.165, 1.54) is 22.3 Å². The van der Waals surface area contributed by atoms with E-state index >= 15 is 0 Å². The van der Waals surface area contributed by atoms with Crippen LogP contribution in [0.15, 0.2) is 109 Å². The molecule has 3 heteroatoms. The molecule has 2 nitrogen and oxygen atoms in total. The second-order valence-electron chi connectivity index (χ2n) is 8.04. The minimum Gasteiger partial charge on any atom is -0.497 e. The maximum absolute atomic E-state index is 5.35. The van der Waals surface area contributed by atoms with Crippen LogP contribution in [0.2, 0.25) is 0 Å². The van der Waals surface area contributed by atoms with Crippen LogP contribution in [0.5, 0.6) is 11.5 Å². The van der Waals surface area contributed by atoms with Gasteiger partial charge in [0.1, 0.15) is 11.5 Å². The Kier molecular flexibility index (Phi) is 8.10. The summed E-state index contributed by atoms with van der Waals surface area (Å²) in [5.41, 5.74) is 5.34. The van der Waals surface area contributed by atoms with Crippen LogP contribution in [0.3, 0.4) is 0 Å². The van der Waals surface area contributed by atoms with Gasteiger partial charge in [-0.2, -0.15) is 0 Å². The van der Waals surface area contributed by atoms with Gasteiger partial charge < -0.3 is 9.47 Å². The first kappa shape index (κ1) is 23.0. The second-order valence-corrected chi connectivity index (χ2v) is 9.45. The fourth-order valence-electron chi connectivity index (χ4n) is 3.97. The van der Waals surface area contributed by atoms with E-state index in [4.69, 9.17) is 9.47 Å². The Morgan fingerprint density at radius 2 is 0.879 bits per heavy atom. The zero-order valence-corrected chi connectivity index (χ0v) is 20.0. The van der Waals surface area contributed by atoms with Crippen molar-refractivity contribution < 1.29 is 9.47 Å². The molecule has 0 fully saturated rings. The van der Waals surface area contributed by atoms with Crippen LogP contribution in [0.25, 0.3) is 0 Å². The fourth-order valence-corrected chi connectivity index (χ4v) is 5.58. The van der Waals surface area contributed by atoms with Gasteiger partial charge in [0, 0.05) is 10.5 Å². The van der Waals surface area contributed by atoms with Crippen LogP contribution in [0.1, 0.15) is 32.8 Å². The molecule has 0 radical (unpaired) electrons. The lowest BCUT2D eigenvalue weighted by atomic mass is 10.0. The van der Waals surface area contributed by atoms with Crippen LogP contribution in [-0.4, -0.2) is 14.2 Å². The highest BCUT2D eigenvalue weighted by molar-refractivity contribution is 7.99. The largest absolute Gasteiger partial charge is 0.497 e. The minimum atomic E-state index is 0.336. The highest BCUT2D eigenvalue weighted by atomic mass is 32.2. The Bertz CT molecular complexity index is 1000. The van der Waals surface area contributed by atoms with Gasteiger partial charge in [-0.15, -0.1) is 11.8 Å². The summed E-state index contributed by atoms with van der Waals surface area (Å²) in [6, 6.07) is 38.6. The van der Waals surface area contributed by atoms with Gasteiger partial charge >= 0.3 is 0 Å². The molecule has 4 rings (SSSR count). The molecule has 0 aromatic heterocycles. The van der Waals surface area contributed by atoms with E-state index in [1.807, 2.05) is 36.0 Å². The molecule has 0 N–H and O–H groups in total. The number of hydrogen-bond donors (Lipinski definition) is 0. The lowest BCUT2D eigenvalue weighted by Gasteiger charge is -2.25. The summed E-state index contributed by atoms with van der Waals surface area (Å²) >= 11 is 2.04. The van der Waals surface area contributed by atoms with E-state index in [0.29, 0.717) is 10.5 Å². The van der Waals surface area contributed by atoms with E-state index in [-0.39, 0.29) is 0 Å². The summed E-state index contributed by atoms with van der Waals surface area (Å²) in [7, 11) is 3.42. The molecule has 0 aliphatic heterocycles. The maximum Gasteiger partial charge on any atom is 0.118 e. The SMILES string of the molecule is COc1ccc(CC(SC(Cc2ccc(OC)cc2)c2ccccc2)c2ccccc2)cc1.